The Balaban J connectivity index is 2.18. The number of methoxy groups -OCH3 is 2. The van der Waals surface area contributed by atoms with E-state index in [0.29, 0.717) is 30.9 Å². The molecule has 28 heavy (non-hydrogen) atoms. The van der Waals surface area contributed by atoms with E-state index in [1.807, 2.05) is 31.2 Å². The molecule has 0 aliphatic heterocycles. The predicted octanol–water partition coefficient (Wildman–Crippen LogP) is 2.93. The Morgan fingerprint density at radius 2 is 1.68 bits per heavy atom. The van der Waals surface area contributed by atoms with Crippen LogP contribution in [-0.4, -0.2) is 39.2 Å². The minimum absolute atomic E-state index is 0.174. The van der Waals surface area contributed by atoms with Crippen LogP contribution in [0.4, 0.5) is 0 Å². The number of ether oxygens (including phenoxy) is 2. The Labute approximate surface area is 165 Å². The van der Waals surface area contributed by atoms with Gasteiger partial charge in [0.2, 0.25) is 0 Å². The molecule has 0 saturated carbocycles. The van der Waals surface area contributed by atoms with Crippen LogP contribution in [0, 0.1) is 6.92 Å². The van der Waals surface area contributed by atoms with Crippen LogP contribution in [0.2, 0.25) is 0 Å². The van der Waals surface area contributed by atoms with Crippen LogP contribution >= 0.6 is 0 Å². The lowest BCUT2D eigenvalue weighted by molar-refractivity contribution is -0.117. The van der Waals surface area contributed by atoms with Crippen LogP contribution < -0.4 is 15.4 Å². The molecule has 0 saturated heterocycles. The largest absolute Gasteiger partial charge is 0.497 e. The van der Waals surface area contributed by atoms with Crippen LogP contribution in [0.1, 0.15) is 27.9 Å². The van der Waals surface area contributed by atoms with Crippen LogP contribution in [-0.2, 0) is 9.53 Å². The molecular weight excluding hydrogens is 356 g/mol. The minimum atomic E-state index is -0.354. The molecule has 0 radical (unpaired) electrons. The number of nitrogens with one attached hydrogen (secondary N) is 2. The Kier molecular flexibility index (Phi) is 8.24. The van der Waals surface area contributed by atoms with Gasteiger partial charge in [-0.05, 0) is 49.2 Å². The quantitative estimate of drug-likeness (QED) is 0.516. The zero-order valence-electron chi connectivity index (χ0n) is 16.5. The molecule has 2 amide bonds. The maximum atomic E-state index is 12.6. The monoisotopic (exact) mass is 382 g/mol. The zero-order valence-corrected chi connectivity index (χ0v) is 16.5. The molecule has 2 N–H and O–H groups in total. The number of rotatable bonds is 9. The van der Waals surface area contributed by atoms with Gasteiger partial charge in [-0.25, -0.2) is 0 Å². The molecule has 0 fully saturated rings. The lowest BCUT2D eigenvalue weighted by Gasteiger charge is -2.11. The summed E-state index contributed by atoms with van der Waals surface area (Å²) in [5.41, 5.74) is 2.49. The lowest BCUT2D eigenvalue weighted by Crippen LogP contribution is -2.35. The van der Waals surface area contributed by atoms with Crippen molar-refractivity contribution in [3.63, 3.8) is 0 Å². The van der Waals surface area contributed by atoms with Gasteiger partial charge in [0.05, 0.1) is 7.11 Å². The van der Waals surface area contributed by atoms with E-state index in [1.54, 1.807) is 44.6 Å². The first-order chi connectivity index (χ1) is 13.5. The fraction of sp³-hybridized carbons (Fsp3) is 0.273. The average Bonchev–Trinajstić information content (AvgIpc) is 2.71. The summed E-state index contributed by atoms with van der Waals surface area (Å²) in [6.45, 7) is 2.95. The van der Waals surface area contributed by atoms with Gasteiger partial charge in [0.1, 0.15) is 11.4 Å². The van der Waals surface area contributed by atoms with E-state index in [9.17, 15) is 9.59 Å². The lowest BCUT2D eigenvalue weighted by atomic mass is 10.1. The highest BCUT2D eigenvalue weighted by Crippen LogP contribution is 2.14. The van der Waals surface area contributed by atoms with E-state index >= 15 is 0 Å². The fourth-order valence-corrected chi connectivity index (χ4v) is 2.44. The van der Waals surface area contributed by atoms with E-state index in [0.717, 1.165) is 11.1 Å². The second kappa shape index (κ2) is 10.9. The van der Waals surface area contributed by atoms with Crippen LogP contribution in [0.25, 0.3) is 6.08 Å². The predicted molar refractivity (Wildman–Crippen MR) is 109 cm³/mol. The molecule has 2 rings (SSSR count). The van der Waals surface area contributed by atoms with Gasteiger partial charge in [0.25, 0.3) is 11.8 Å². The normalized spacial score (nSPS) is 11.0. The van der Waals surface area contributed by atoms with Gasteiger partial charge < -0.3 is 20.1 Å². The molecule has 2 aromatic rings. The van der Waals surface area contributed by atoms with Crippen molar-refractivity contribution < 1.29 is 19.1 Å². The molecule has 0 bridgehead atoms. The number of hydrogen-bond acceptors (Lipinski definition) is 4. The van der Waals surface area contributed by atoms with Crippen LogP contribution in [0.15, 0.2) is 54.2 Å². The summed E-state index contributed by atoms with van der Waals surface area (Å²) in [5, 5.41) is 5.52. The first-order valence-electron chi connectivity index (χ1n) is 9.04. The SMILES string of the molecule is COCCCNC(=O)C(=Cc1ccc(OC)cc1)NC(=O)c1ccc(C)cc1. The van der Waals surface area contributed by atoms with Gasteiger partial charge in [-0.3, -0.25) is 9.59 Å². The highest BCUT2D eigenvalue weighted by Gasteiger charge is 2.14. The van der Waals surface area contributed by atoms with E-state index < -0.39 is 0 Å². The molecule has 148 valence electrons. The van der Waals surface area contributed by atoms with E-state index in [4.69, 9.17) is 9.47 Å². The second-order valence-electron chi connectivity index (χ2n) is 6.25. The summed E-state index contributed by atoms with van der Waals surface area (Å²) in [7, 11) is 3.20. The number of amides is 2. The number of benzene rings is 2. The summed E-state index contributed by atoms with van der Waals surface area (Å²) in [4.78, 5) is 25.2. The third-order valence-electron chi connectivity index (χ3n) is 4.04. The van der Waals surface area contributed by atoms with Gasteiger partial charge >= 0.3 is 0 Å². The molecule has 0 spiro atoms. The maximum absolute atomic E-state index is 12.6. The Hall–Kier alpha value is -3.12. The first kappa shape index (κ1) is 21.2. The molecule has 0 heterocycles. The fourth-order valence-electron chi connectivity index (χ4n) is 2.44. The average molecular weight is 382 g/mol. The number of carbonyl (C=O) groups excluding carboxylic acids is 2. The molecule has 6 heteroatoms. The number of aryl methyl sites for hydroxylation is 1. The Morgan fingerprint density at radius 3 is 2.29 bits per heavy atom. The van der Waals surface area contributed by atoms with Crippen molar-refractivity contribution in [3.8, 4) is 5.75 Å². The van der Waals surface area contributed by atoms with Gasteiger partial charge in [-0.2, -0.15) is 0 Å². The van der Waals surface area contributed by atoms with Crippen molar-refractivity contribution in [3.05, 3.63) is 70.9 Å². The summed E-state index contributed by atoms with van der Waals surface area (Å²) < 4.78 is 10.1. The van der Waals surface area contributed by atoms with E-state index in [-0.39, 0.29) is 17.5 Å². The van der Waals surface area contributed by atoms with Crippen LogP contribution in [0.3, 0.4) is 0 Å². The minimum Gasteiger partial charge on any atom is -0.497 e. The molecule has 2 aromatic carbocycles. The zero-order chi connectivity index (χ0) is 20.4. The Bertz CT molecular complexity index is 811. The van der Waals surface area contributed by atoms with Gasteiger partial charge in [-0.1, -0.05) is 29.8 Å². The molecule has 0 aliphatic rings. The third-order valence-corrected chi connectivity index (χ3v) is 4.04. The van der Waals surface area contributed by atoms with Crippen LogP contribution in [0.5, 0.6) is 5.75 Å². The maximum Gasteiger partial charge on any atom is 0.267 e. The molecule has 6 nitrogen and oxygen atoms in total. The highest BCUT2D eigenvalue weighted by molar-refractivity contribution is 6.05. The smallest absolute Gasteiger partial charge is 0.267 e. The summed E-state index contributed by atoms with van der Waals surface area (Å²) in [6, 6.07) is 14.4. The van der Waals surface area contributed by atoms with Crippen molar-refractivity contribution in [1.82, 2.24) is 10.6 Å². The highest BCUT2D eigenvalue weighted by atomic mass is 16.5. The molecule has 0 atom stereocenters. The number of hydrogen-bond donors (Lipinski definition) is 2. The van der Waals surface area contributed by atoms with E-state index in [2.05, 4.69) is 10.6 Å². The van der Waals surface area contributed by atoms with Crippen molar-refractivity contribution in [1.29, 1.82) is 0 Å². The summed E-state index contributed by atoms with van der Waals surface area (Å²) in [6.07, 6.45) is 2.32. The summed E-state index contributed by atoms with van der Waals surface area (Å²) in [5.74, 6) is 0.0191. The van der Waals surface area contributed by atoms with Crippen molar-refractivity contribution >= 4 is 17.9 Å². The molecule has 0 unspecified atom stereocenters. The van der Waals surface area contributed by atoms with Gasteiger partial charge in [-0.15, -0.1) is 0 Å². The van der Waals surface area contributed by atoms with Gasteiger partial charge in [0.15, 0.2) is 0 Å². The Morgan fingerprint density at radius 1 is 1.00 bits per heavy atom. The van der Waals surface area contributed by atoms with Crippen molar-refractivity contribution in [2.24, 2.45) is 0 Å². The van der Waals surface area contributed by atoms with Crippen molar-refractivity contribution in [2.75, 3.05) is 27.4 Å². The van der Waals surface area contributed by atoms with E-state index in [1.165, 1.54) is 0 Å². The number of carbonyl (C=O) groups is 2. The topological polar surface area (TPSA) is 76.7 Å². The van der Waals surface area contributed by atoms with Crippen molar-refractivity contribution in [2.45, 2.75) is 13.3 Å². The molecule has 0 aliphatic carbocycles. The molecule has 0 aromatic heterocycles. The first-order valence-corrected chi connectivity index (χ1v) is 9.04. The third kappa shape index (κ3) is 6.55. The second-order valence-corrected chi connectivity index (χ2v) is 6.25. The summed E-state index contributed by atoms with van der Waals surface area (Å²) >= 11 is 0. The molecular formula is C22H26N2O4. The van der Waals surface area contributed by atoms with Gasteiger partial charge in [0, 0.05) is 25.8 Å². The standard InChI is InChI=1S/C22H26N2O4/c1-16-5-9-18(10-6-16)21(25)24-20(22(26)23-13-4-14-27-2)15-17-7-11-19(28-3)12-8-17/h5-12,15H,4,13-14H2,1-3H3,(H,23,26)(H,24,25).